The first-order valence-corrected chi connectivity index (χ1v) is 6.90. The first kappa shape index (κ1) is 15.6. The molecular formula is C15H18F3N3. The molecule has 0 aromatic heterocycles. The number of nitrogens with zero attached hydrogens (tertiary/aromatic N) is 2. The van der Waals surface area contributed by atoms with E-state index in [1.165, 1.54) is 25.0 Å². The predicted octanol–water partition coefficient (Wildman–Crippen LogP) is 3.47. The Kier molecular flexibility index (Phi) is 4.43. The lowest BCUT2D eigenvalue weighted by Gasteiger charge is -2.25. The maximum absolute atomic E-state index is 12.7. The van der Waals surface area contributed by atoms with Gasteiger partial charge in [0.2, 0.25) is 0 Å². The van der Waals surface area contributed by atoms with Gasteiger partial charge in [-0.05, 0) is 45.0 Å². The standard InChI is InChI=1S/C15H18F3N3/c1-10(21(2)13-4-5-13)9-20-12-3-6-14(15(16,17)18)11(7-12)8-19/h3,6-7,10,13,20H,4-5,9H2,1-2H3. The molecule has 2 rings (SSSR count). The number of anilines is 1. The molecule has 1 saturated carbocycles. The maximum Gasteiger partial charge on any atom is 0.417 e. The van der Waals surface area contributed by atoms with Crippen molar-refractivity contribution in [2.24, 2.45) is 0 Å². The Morgan fingerprint density at radius 1 is 1.43 bits per heavy atom. The largest absolute Gasteiger partial charge is 0.417 e. The summed E-state index contributed by atoms with van der Waals surface area (Å²) in [5, 5.41) is 12.0. The molecule has 1 N–H and O–H groups in total. The summed E-state index contributed by atoms with van der Waals surface area (Å²) >= 11 is 0. The highest BCUT2D eigenvalue weighted by Crippen LogP contribution is 2.33. The summed E-state index contributed by atoms with van der Waals surface area (Å²) in [6, 6.07) is 6.10. The molecule has 1 unspecified atom stereocenters. The van der Waals surface area contributed by atoms with Gasteiger partial charge in [-0.1, -0.05) is 0 Å². The van der Waals surface area contributed by atoms with Crippen molar-refractivity contribution in [2.75, 3.05) is 18.9 Å². The molecule has 0 spiro atoms. The van der Waals surface area contributed by atoms with Crippen LogP contribution >= 0.6 is 0 Å². The monoisotopic (exact) mass is 297 g/mol. The molecule has 0 radical (unpaired) electrons. The zero-order chi connectivity index (χ0) is 15.6. The van der Waals surface area contributed by atoms with Crippen LogP contribution in [-0.2, 0) is 6.18 Å². The van der Waals surface area contributed by atoms with Crippen LogP contribution in [0.1, 0.15) is 30.9 Å². The zero-order valence-electron chi connectivity index (χ0n) is 12.0. The van der Waals surface area contributed by atoms with Crippen molar-refractivity contribution < 1.29 is 13.2 Å². The highest BCUT2D eigenvalue weighted by Gasteiger charge is 2.33. The summed E-state index contributed by atoms with van der Waals surface area (Å²) in [5.41, 5.74) is -0.704. The Bertz CT molecular complexity index is 544. The summed E-state index contributed by atoms with van der Waals surface area (Å²) < 4.78 is 38.1. The number of nitriles is 1. The van der Waals surface area contributed by atoms with Gasteiger partial charge in [0.1, 0.15) is 0 Å². The molecule has 1 aromatic carbocycles. The second-order valence-corrected chi connectivity index (χ2v) is 5.50. The SMILES string of the molecule is CC(CNc1ccc(C(F)(F)F)c(C#N)c1)N(C)C1CC1. The number of halogens is 3. The number of rotatable bonds is 5. The van der Waals surface area contributed by atoms with Crippen molar-refractivity contribution in [2.45, 2.75) is 38.0 Å². The summed E-state index contributed by atoms with van der Waals surface area (Å²) in [4.78, 5) is 2.27. The van der Waals surface area contributed by atoms with E-state index in [-0.39, 0.29) is 11.6 Å². The zero-order valence-corrected chi connectivity index (χ0v) is 12.0. The molecule has 0 saturated heterocycles. The number of nitrogens with one attached hydrogen (secondary N) is 1. The molecule has 1 atom stereocenters. The van der Waals surface area contributed by atoms with Crippen LogP contribution < -0.4 is 5.32 Å². The molecule has 1 aliphatic rings. The fourth-order valence-electron chi connectivity index (χ4n) is 2.25. The van der Waals surface area contributed by atoms with Gasteiger partial charge in [-0.3, -0.25) is 4.90 Å². The van der Waals surface area contributed by atoms with Crippen molar-refractivity contribution in [3.05, 3.63) is 29.3 Å². The number of hydrogen-bond donors (Lipinski definition) is 1. The van der Waals surface area contributed by atoms with E-state index in [9.17, 15) is 13.2 Å². The van der Waals surface area contributed by atoms with E-state index in [2.05, 4.69) is 24.2 Å². The van der Waals surface area contributed by atoms with Crippen LogP contribution in [0.4, 0.5) is 18.9 Å². The van der Waals surface area contributed by atoms with E-state index >= 15 is 0 Å². The van der Waals surface area contributed by atoms with Gasteiger partial charge in [-0.25, -0.2) is 0 Å². The molecule has 114 valence electrons. The fraction of sp³-hybridized carbons (Fsp3) is 0.533. The van der Waals surface area contributed by atoms with Crippen LogP contribution in [0.3, 0.4) is 0 Å². The van der Waals surface area contributed by atoms with Crippen LogP contribution in [0.5, 0.6) is 0 Å². The molecule has 1 fully saturated rings. The van der Waals surface area contributed by atoms with Gasteiger partial charge in [-0.2, -0.15) is 18.4 Å². The van der Waals surface area contributed by atoms with E-state index < -0.39 is 11.7 Å². The van der Waals surface area contributed by atoms with Crippen molar-refractivity contribution in [3.63, 3.8) is 0 Å². The molecular weight excluding hydrogens is 279 g/mol. The van der Waals surface area contributed by atoms with Crippen LogP contribution in [0.25, 0.3) is 0 Å². The molecule has 1 aliphatic carbocycles. The van der Waals surface area contributed by atoms with Gasteiger partial charge < -0.3 is 5.32 Å². The summed E-state index contributed by atoms with van der Waals surface area (Å²) in [6.45, 7) is 2.70. The van der Waals surface area contributed by atoms with Crippen molar-refractivity contribution in [1.29, 1.82) is 5.26 Å². The van der Waals surface area contributed by atoms with E-state index in [4.69, 9.17) is 5.26 Å². The molecule has 3 nitrogen and oxygen atoms in total. The quantitative estimate of drug-likeness (QED) is 0.904. The van der Waals surface area contributed by atoms with Crippen LogP contribution in [0, 0.1) is 11.3 Å². The fourth-order valence-corrected chi connectivity index (χ4v) is 2.25. The van der Waals surface area contributed by atoms with Crippen LogP contribution in [-0.4, -0.2) is 30.6 Å². The van der Waals surface area contributed by atoms with Gasteiger partial charge in [0.15, 0.2) is 0 Å². The summed E-state index contributed by atoms with van der Waals surface area (Å²) in [6.07, 6.45) is -2.08. The highest BCUT2D eigenvalue weighted by atomic mass is 19.4. The Labute approximate surface area is 122 Å². The van der Waals surface area contributed by atoms with Crippen LogP contribution in [0.2, 0.25) is 0 Å². The Morgan fingerprint density at radius 2 is 2.10 bits per heavy atom. The normalized spacial score (nSPS) is 16.6. The van der Waals surface area contributed by atoms with Gasteiger partial charge in [0, 0.05) is 24.3 Å². The molecule has 21 heavy (non-hydrogen) atoms. The van der Waals surface area contributed by atoms with Gasteiger partial charge in [0.25, 0.3) is 0 Å². The Morgan fingerprint density at radius 3 is 2.62 bits per heavy atom. The number of likely N-dealkylation sites (N-methyl/N-ethyl adjacent to an activating group) is 1. The second-order valence-electron chi connectivity index (χ2n) is 5.50. The lowest BCUT2D eigenvalue weighted by atomic mass is 10.1. The third kappa shape index (κ3) is 3.88. The van der Waals surface area contributed by atoms with E-state index in [0.29, 0.717) is 18.3 Å². The van der Waals surface area contributed by atoms with Crippen molar-refractivity contribution >= 4 is 5.69 Å². The topological polar surface area (TPSA) is 39.1 Å². The number of benzene rings is 1. The minimum absolute atomic E-state index is 0.283. The molecule has 6 heteroatoms. The van der Waals surface area contributed by atoms with Gasteiger partial charge in [-0.15, -0.1) is 0 Å². The third-order valence-corrected chi connectivity index (χ3v) is 3.87. The maximum atomic E-state index is 12.7. The lowest BCUT2D eigenvalue weighted by Crippen LogP contribution is -2.36. The number of hydrogen-bond acceptors (Lipinski definition) is 3. The molecule has 1 aromatic rings. The van der Waals surface area contributed by atoms with E-state index in [1.807, 2.05) is 0 Å². The third-order valence-electron chi connectivity index (χ3n) is 3.87. The molecule has 0 bridgehead atoms. The van der Waals surface area contributed by atoms with Crippen LogP contribution in [0.15, 0.2) is 18.2 Å². The predicted molar refractivity (Wildman–Crippen MR) is 74.9 cm³/mol. The lowest BCUT2D eigenvalue weighted by molar-refractivity contribution is -0.137. The van der Waals surface area contributed by atoms with Gasteiger partial charge >= 0.3 is 6.18 Å². The number of alkyl halides is 3. The summed E-state index contributed by atoms with van der Waals surface area (Å²) in [5.74, 6) is 0. The average molecular weight is 297 g/mol. The molecule has 0 aliphatic heterocycles. The Hall–Kier alpha value is -1.74. The van der Waals surface area contributed by atoms with Crippen molar-refractivity contribution in [3.8, 4) is 6.07 Å². The van der Waals surface area contributed by atoms with E-state index in [0.717, 1.165) is 6.07 Å². The average Bonchev–Trinajstić information content (AvgIpc) is 3.27. The Balaban J connectivity index is 2.02. The minimum Gasteiger partial charge on any atom is -0.383 e. The molecule has 0 amide bonds. The highest BCUT2D eigenvalue weighted by molar-refractivity contribution is 5.53. The first-order valence-electron chi connectivity index (χ1n) is 6.90. The smallest absolute Gasteiger partial charge is 0.383 e. The van der Waals surface area contributed by atoms with Gasteiger partial charge in [0.05, 0.1) is 17.2 Å². The first-order chi connectivity index (χ1) is 9.82. The second kappa shape index (κ2) is 5.94. The minimum atomic E-state index is -4.50. The summed E-state index contributed by atoms with van der Waals surface area (Å²) in [7, 11) is 2.05. The van der Waals surface area contributed by atoms with E-state index in [1.54, 1.807) is 6.07 Å². The molecule has 0 heterocycles. The van der Waals surface area contributed by atoms with Crippen molar-refractivity contribution in [1.82, 2.24) is 4.90 Å².